The molecule has 1 aromatic heterocycles. The number of aromatic nitrogens is 2. The Balaban J connectivity index is 1.97. The molecule has 1 saturated heterocycles. The molecule has 0 aliphatic carbocycles. The number of hydrogen-bond donors (Lipinski definition) is 0. The maximum Gasteiger partial charge on any atom is 0.225 e. The van der Waals surface area contributed by atoms with Crippen LogP contribution in [-0.4, -0.2) is 36.1 Å². The van der Waals surface area contributed by atoms with E-state index < -0.39 is 0 Å². The van der Waals surface area contributed by atoms with E-state index in [4.69, 9.17) is 0 Å². The normalized spacial score (nSPS) is 16.6. The molecular weight excluding hydrogens is 200 g/mol. The van der Waals surface area contributed by atoms with Gasteiger partial charge < -0.3 is 4.90 Å². The van der Waals surface area contributed by atoms with Crippen LogP contribution < -0.4 is 10.2 Å². The van der Waals surface area contributed by atoms with Crippen LogP contribution in [0.3, 0.4) is 0 Å². The maximum atomic E-state index is 4.57. The molecule has 0 spiro atoms. The minimum absolute atomic E-state index is 0.827. The third-order valence-electron chi connectivity index (χ3n) is 2.82. The number of rotatable bonds is 1. The summed E-state index contributed by atoms with van der Waals surface area (Å²) in [5.74, 6) is 0.827. The van der Waals surface area contributed by atoms with Gasteiger partial charge in [-0.2, -0.15) is 0 Å². The van der Waals surface area contributed by atoms with Crippen LogP contribution in [0.1, 0.15) is 0 Å². The van der Waals surface area contributed by atoms with Crippen LogP contribution in [0.2, 0.25) is 0 Å². The summed E-state index contributed by atoms with van der Waals surface area (Å²) in [5, 5.41) is 5.41. The zero-order chi connectivity index (χ0) is 10.8. The molecule has 2 heterocycles. The fraction of sp³-hybridized carbons (Fsp3) is 0.333. The largest absolute Gasteiger partial charge is 0.338 e. The molecule has 1 fully saturated rings. The van der Waals surface area contributed by atoms with E-state index >= 15 is 0 Å². The molecule has 16 heavy (non-hydrogen) atoms. The summed E-state index contributed by atoms with van der Waals surface area (Å²) in [4.78, 5) is 11.2. The van der Waals surface area contributed by atoms with Crippen LogP contribution in [0.4, 0.5) is 5.95 Å². The molecule has 0 unspecified atom stereocenters. The summed E-state index contributed by atoms with van der Waals surface area (Å²) >= 11 is 0. The highest BCUT2D eigenvalue weighted by molar-refractivity contribution is 5.78. The number of fused-ring (bicyclic) bond motifs is 1. The second-order valence-electron chi connectivity index (χ2n) is 3.89. The average molecular weight is 213 g/mol. The van der Waals surface area contributed by atoms with Gasteiger partial charge in [0.25, 0.3) is 0 Å². The van der Waals surface area contributed by atoms with Crippen molar-refractivity contribution in [3.63, 3.8) is 0 Å². The van der Waals surface area contributed by atoms with Crippen LogP contribution in [0.15, 0.2) is 30.5 Å². The van der Waals surface area contributed by atoms with E-state index in [-0.39, 0.29) is 0 Å². The van der Waals surface area contributed by atoms with Crippen LogP contribution in [-0.2, 0) is 0 Å². The zero-order valence-electron chi connectivity index (χ0n) is 9.00. The van der Waals surface area contributed by atoms with Crippen molar-refractivity contribution < 1.29 is 0 Å². The molecule has 0 N–H and O–H groups in total. The van der Waals surface area contributed by atoms with Gasteiger partial charge in [0, 0.05) is 37.8 Å². The van der Waals surface area contributed by atoms with Crippen LogP contribution in [0, 0.1) is 0 Å². The maximum absolute atomic E-state index is 4.57. The van der Waals surface area contributed by atoms with Gasteiger partial charge in [-0.25, -0.2) is 15.3 Å². The van der Waals surface area contributed by atoms with Crippen molar-refractivity contribution in [1.29, 1.82) is 0 Å². The summed E-state index contributed by atoms with van der Waals surface area (Å²) in [6.07, 6.45) is 1.89. The molecule has 4 nitrogen and oxygen atoms in total. The summed E-state index contributed by atoms with van der Waals surface area (Å²) < 4.78 is 0. The van der Waals surface area contributed by atoms with Crippen molar-refractivity contribution in [2.45, 2.75) is 0 Å². The Labute approximate surface area is 94.3 Å². The van der Waals surface area contributed by atoms with E-state index in [1.54, 1.807) is 0 Å². The molecule has 4 heteroatoms. The van der Waals surface area contributed by atoms with Gasteiger partial charge in [0.15, 0.2) is 0 Å². The van der Waals surface area contributed by atoms with Crippen molar-refractivity contribution >= 4 is 16.9 Å². The lowest BCUT2D eigenvalue weighted by Crippen LogP contribution is -2.41. The first-order valence-electron chi connectivity index (χ1n) is 5.53. The molecule has 2 aromatic rings. The lowest BCUT2D eigenvalue weighted by atomic mass is 10.2. The van der Waals surface area contributed by atoms with Crippen molar-refractivity contribution in [3.8, 4) is 0 Å². The van der Waals surface area contributed by atoms with E-state index in [1.807, 2.05) is 30.5 Å². The molecule has 0 atom stereocenters. The van der Waals surface area contributed by atoms with Gasteiger partial charge in [-0.05, 0) is 6.07 Å². The Morgan fingerprint density at radius 1 is 1.06 bits per heavy atom. The standard InChI is InChI=1S/C12H13N4/c1-2-4-11-10(3-1)9-14-12(15-11)16-7-5-13-6-8-16/h1-4,9H,5-8H2. The summed E-state index contributed by atoms with van der Waals surface area (Å²) in [5.41, 5.74) is 1.01. The number of piperazine rings is 1. The molecule has 1 aliphatic heterocycles. The number of hydrogen-bond acceptors (Lipinski definition) is 3. The highest BCUT2D eigenvalue weighted by Gasteiger charge is 2.13. The third kappa shape index (κ3) is 1.72. The van der Waals surface area contributed by atoms with Gasteiger partial charge in [0.1, 0.15) is 0 Å². The molecule has 1 aromatic carbocycles. The minimum Gasteiger partial charge on any atom is -0.338 e. The quantitative estimate of drug-likeness (QED) is 0.711. The van der Waals surface area contributed by atoms with Gasteiger partial charge >= 0.3 is 0 Å². The highest BCUT2D eigenvalue weighted by Crippen LogP contribution is 2.14. The predicted molar refractivity (Wildman–Crippen MR) is 63.6 cm³/mol. The van der Waals surface area contributed by atoms with E-state index in [2.05, 4.69) is 20.2 Å². The van der Waals surface area contributed by atoms with Crippen LogP contribution >= 0.6 is 0 Å². The number of nitrogens with zero attached hydrogens (tertiary/aromatic N) is 4. The Bertz CT molecular complexity index is 491. The molecule has 1 aliphatic rings. The van der Waals surface area contributed by atoms with E-state index in [1.165, 1.54) is 0 Å². The molecular formula is C12H13N4. The van der Waals surface area contributed by atoms with Crippen molar-refractivity contribution in [3.05, 3.63) is 30.5 Å². The number of para-hydroxylation sites is 1. The smallest absolute Gasteiger partial charge is 0.225 e. The number of benzene rings is 1. The van der Waals surface area contributed by atoms with Crippen LogP contribution in [0.25, 0.3) is 10.9 Å². The second-order valence-corrected chi connectivity index (χ2v) is 3.89. The molecule has 3 rings (SSSR count). The first kappa shape index (κ1) is 9.54. The summed E-state index contributed by atoms with van der Waals surface area (Å²) in [7, 11) is 0. The molecule has 1 radical (unpaired) electrons. The van der Waals surface area contributed by atoms with E-state index in [9.17, 15) is 0 Å². The van der Waals surface area contributed by atoms with Gasteiger partial charge in [0.05, 0.1) is 5.52 Å². The van der Waals surface area contributed by atoms with Gasteiger partial charge in [-0.3, -0.25) is 0 Å². The monoisotopic (exact) mass is 213 g/mol. The van der Waals surface area contributed by atoms with Crippen molar-refractivity contribution in [1.82, 2.24) is 15.3 Å². The van der Waals surface area contributed by atoms with Gasteiger partial charge in [-0.1, -0.05) is 18.2 Å². The van der Waals surface area contributed by atoms with Crippen molar-refractivity contribution in [2.24, 2.45) is 0 Å². The SMILES string of the molecule is c1ccc2nc(N3CC[N]CC3)ncc2c1. The first-order valence-corrected chi connectivity index (χ1v) is 5.53. The summed E-state index contributed by atoms with van der Waals surface area (Å²) in [6.45, 7) is 3.63. The predicted octanol–water partition coefficient (Wildman–Crippen LogP) is 1.05. The summed E-state index contributed by atoms with van der Waals surface area (Å²) in [6, 6.07) is 8.06. The fourth-order valence-corrected chi connectivity index (χ4v) is 1.92. The van der Waals surface area contributed by atoms with E-state index in [0.717, 1.165) is 43.0 Å². The molecule has 0 amide bonds. The van der Waals surface area contributed by atoms with Gasteiger partial charge in [-0.15, -0.1) is 0 Å². The minimum atomic E-state index is 0.827. The first-order chi connectivity index (χ1) is 7.93. The average Bonchev–Trinajstić information content (AvgIpc) is 2.39. The second kappa shape index (κ2) is 4.06. The lowest BCUT2D eigenvalue weighted by Gasteiger charge is -2.26. The molecule has 81 valence electrons. The molecule has 0 saturated carbocycles. The Morgan fingerprint density at radius 2 is 1.88 bits per heavy atom. The Kier molecular flexibility index (Phi) is 2.42. The lowest BCUT2D eigenvalue weighted by molar-refractivity contribution is 0.571. The number of anilines is 1. The van der Waals surface area contributed by atoms with Crippen molar-refractivity contribution in [2.75, 3.05) is 31.1 Å². The third-order valence-corrected chi connectivity index (χ3v) is 2.82. The Morgan fingerprint density at radius 3 is 2.75 bits per heavy atom. The highest BCUT2D eigenvalue weighted by atomic mass is 15.3. The van der Waals surface area contributed by atoms with Crippen LogP contribution in [0.5, 0.6) is 0 Å². The Hall–Kier alpha value is -1.68. The molecule has 0 bridgehead atoms. The zero-order valence-corrected chi connectivity index (χ0v) is 9.00. The van der Waals surface area contributed by atoms with E-state index in [0.29, 0.717) is 0 Å². The van der Waals surface area contributed by atoms with Gasteiger partial charge in [0.2, 0.25) is 5.95 Å². The fourth-order valence-electron chi connectivity index (χ4n) is 1.92. The topological polar surface area (TPSA) is 43.1 Å².